The lowest BCUT2D eigenvalue weighted by Gasteiger charge is -2.19. The van der Waals surface area contributed by atoms with Crippen molar-refractivity contribution in [1.29, 1.82) is 0 Å². The Kier molecular flexibility index (Phi) is 3.48. The van der Waals surface area contributed by atoms with Crippen molar-refractivity contribution >= 4 is 17.2 Å². The lowest BCUT2D eigenvalue weighted by molar-refractivity contribution is 0.239. The molecule has 2 nitrogen and oxygen atoms in total. The van der Waals surface area contributed by atoms with E-state index < -0.39 is 0 Å². The molecule has 0 radical (unpaired) electrons. The van der Waals surface area contributed by atoms with Gasteiger partial charge in [-0.3, -0.25) is 0 Å². The zero-order chi connectivity index (χ0) is 13.3. The number of aryl methyl sites for hydroxylation is 2. The minimum Gasteiger partial charge on any atom is -0.493 e. The van der Waals surface area contributed by atoms with Gasteiger partial charge in [0.05, 0.1) is 11.6 Å². The van der Waals surface area contributed by atoms with E-state index in [9.17, 15) is 0 Å². The van der Waals surface area contributed by atoms with E-state index in [-0.39, 0.29) is 5.41 Å². The first-order chi connectivity index (χ1) is 9.17. The Labute approximate surface area is 120 Å². The molecule has 1 aromatic rings. The molecule has 0 aromatic heterocycles. The second kappa shape index (κ2) is 5.12. The minimum atomic E-state index is 0.238. The number of ether oxygens (including phenoxy) is 1. The summed E-state index contributed by atoms with van der Waals surface area (Å²) in [6.07, 6.45) is 8.26. The first-order valence-electron chi connectivity index (χ1n) is 7.20. The van der Waals surface area contributed by atoms with E-state index in [1.54, 1.807) is 0 Å². The molecule has 0 amide bonds. The Morgan fingerprint density at radius 2 is 1.95 bits per heavy atom. The van der Waals surface area contributed by atoms with Crippen molar-refractivity contribution in [3.63, 3.8) is 0 Å². The average Bonchev–Trinajstić information content (AvgIpc) is 3.15. The van der Waals surface area contributed by atoms with Crippen LogP contribution in [0.1, 0.15) is 43.2 Å². The van der Waals surface area contributed by atoms with Crippen molar-refractivity contribution in [3.05, 3.63) is 29.3 Å². The van der Waals surface area contributed by atoms with Gasteiger partial charge in [-0.2, -0.15) is 0 Å². The number of fused-ring (bicyclic) bond motifs is 1. The SMILES string of the molecule is NC(=S)CC1(COc2ccc3c(c2)CCCC3)CC1. The largest absolute Gasteiger partial charge is 0.493 e. The van der Waals surface area contributed by atoms with Crippen molar-refractivity contribution < 1.29 is 4.74 Å². The quantitative estimate of drug-likeness (QED) is 0.837. The van der Waals surface area contributed by atoms with E-state index in [4.69, 9.17) is 22.7 Å². The normalized spacial score (nSPS) is 19.6. The fourth-order valence-electron chi connectivity index (χ4n) is 2.95. The maximum absolute atomic E-state index is 5.99. The van der Waals surface area contributed by atoms with Gasteiger partial charge in [-0.15, -0.1) is 0 Å². The van der Waals surface area contributed by atoms with Crippen LogP contribution in [0.25, 0.3) is 0 Å². The Hall–Kier alpha value is -1.09. The van der Waals surface area contributed by atoms with Crippen molar-refractivity contribution in [2.24, 2.45) is 11.1 Å². The van der Waals surface area contributed by atoms with Crippen molar-refractivity contribution in [2.45, 2.75) is 44.9 Å². The van der Waals surface area contributed by atoms with Crippen LogP contribution in [0.3, 0.4) is 0 Å². The molecule has 1 fully saturated rings. The highest BCUT2D eigenvalue weighted by Crippen LogP contribution is 2.49. The van der Waals surface area contributed by atoms with E-state index in [2.05, 4.69) is 18.2 Å². The van der Waals surface area contributed by atoms with Crippen LogP contribution in [0.15, 0.2) is 18.2 Å². The van der Waals surface area contributed by atoms with Gasteiger partial charge in [0.25, 0.3) is 0 Å². The Morgan fingerprint density at radius 3 is 2.63 bits per heavy atom. The highest BCUT2D eigenvalue weighted by atomic mass is 32.1. The van der Waals surface area contributed by atoms with Gasteiger partial charge < -0.3 is 10.5 Å². The standard InChI is InChI=1S/C16H21NOS/c17-15(19)10-16(7-8-16)11-18-14-6-5-12-3-1-2-4-13(12)9-14/h5-6,9H,1-4,7-8,10-11H2,(H2,17,19). The van der Waals surface area contributed by atoms with E-state index in [0.29, 0.717) is 4.99 Å². The highest BCUT2D eigenvalue weighted by Gasteiger charge is 2.43. The molecule has 2 aliphatic rings. The molecule has 3 heteroatoms. The molecule has 0 spiro atoms. The summed E-state index contributed by atoms with van der Waals surface area (Å²) in [7, 11) is 0. The van der Waals surface area contributed by atoms with Crippen LogP contribution in [0.5, 0.6) is 5.75 Å². The fraction of sp³-hybridized carbons (Fsp3) is 0.562. The molecule has 0 unspecified atom stereocenters. The van der Waals surface area contributed by atoms with Crippen LogP contribution >= 0.6 is 12.2 Å². The van der Waals surface area contributed by atoms with Crippen LogP contribution in [0, 0.1) is 5.41 Å². The van der Waals surface area contributed by atoms with Crippen LogP contribution in [0.4, 0.5) is 0 Å². The smallest absolute Gasteiger partial charge is 0.119 e. The first-order valence-corrected chi connectivity index (χ1v) is 7.61. The maximum Gasteiger partial charge on any atom is 0.119 e. The van der Waals surface area contributed by atoms with Gasteiger partial charge in [0, 0.05) is 11.8 Å². The third-order valence-corrected chi connectivity index (χ3v) is 4.52. The zero-order valence-corrected chi connectivity index (χ0v) is 12.1. The number of hydrogen-bond acceptors (Lipinski definition) is 2. The van der Waals surface area contributed by atoms with Gasteiger partial charge >= 0.3 is 0 Å². The predicted molar refractivity (Wildman–Crippen MR) is 81.6 cm³/mol. The Balaban J connectivity index is 1.63. The lowest BCUT2D eigenvalue weighted by atomic mass is 9.92. The first kappa shape index (κ1) is 12.9. The van der Waals surface area contributed by atoms with Crippen LogP contribution in [0.2, 0.25) is 0 Å². The topological polar surface area (TPSA) is 35.2 Å². The van der Waals surface area contributed by atoms with Gasteiger partial charge in [0.1, 0.15) is 5.75 Å². The summed E-state index contributed by atoms with van der Waals surface area (Å²) in [6, 6.07) is 6.57. The summed E-state index contributed by atoms with van der Waals surface area (Å²) in [5.41, 5.74) is 8.87. The molecule has 0 aliphatic heterocycles. The van der Waals surface area contributed by atoms with Crippen LogP contribution in [-0.2, 0) is 12.8 Å². The number of thiocarbonyl (C=S) groups is 1. The maximum atomic E-state index is 5.99. The fourth-order valence-corrected chi connectivity index (χ4v) is 3.26. The lowest BCUT2D eigenvalue weighted by Crippen LogP contribution is -2.21. The zero-order valence-electron chi connectivity index (χ0n) is 11.3. The average molecular weight is 275 g/mol. The molecule has 102 valence electrons. The summed E-state index contributed by atoms with van der Waals surface area (Å²) in [4.78, 5) is 0.617. The van der Waals surface area contributed by atoms with Crippen molar-refractivity contribution in [1.82, 2.24) is 0 Å². The van der Waals surface area contributed by atoms with Crippen LogP contribution < -0.4 is 10.5 Å². The van der Waals surface area contributed by atoms with Gasteiger partial charge in [-0.25, -0.2) is 0 Å². The molecule has 0 heterocycles. The van der Waals surface area contributed by atoms with Gasteiger partial charge in [0.2, 0.25) is 0 Å². The van der Waals surface area contributed by atoms with Gasteiger partial charge in [-0.05, 0) is 61.8 Å². The highest BCUT2D eigenvalue weighted by molar-refractivity contribution is 7.80. The van der Waals surface area contributed by atoms with E-state index >= 15 is 0 Å². The number of nitrogens with two attached hydrogens (primary N) is 1. The minimum absolute atomic E-state index is 0.238. The second-order valence-corrected chi connectivity index (χ2v) is 6.59. The van der Waals surface area contributed by atoms with Crippen LogP contribution in [-0.4, -0.2) is 11.6 Å². The number of hydrogen-bond donors (Lipinski definition) is 1. The number of benzene rings is 1. The molecule has 1 saturated carbocycles. The van der Waals surface area contributed by atoms with E-state index in [1.807, 2.05) is 0 Å². The summed E-state index contributed by atoms with van der Waals surface area (Å²) in [6.45, 7) is 0.753. The summed E-state index contributed by atoms with van der Waals surface area (Å²) in [5.74, 6) is 1.01. The van der Waals surface area contributed by atoms with Crippen molar-refractivity contribution in [3.8, 4) is 5.75 Å². The summed E-state index contributed by atoms with van der Waals surface area (Å²) >= 11 is 5.02. The molecule has 3 rings (SSSR count). The molecular formula is C16H21NOS. The molecule has 2 aliphatic carbocycles. The molecule has 1 aromatic carbocycles. The molecule has 0 atom stereocenters. The third-order valence-electron chi connectivity index (χ3n) is 4.37. The molecule has 0 saturated heterocycles. The second-order valence-electron chi connectivity index (χ2n) is 6.07. The van der Waals surface area contributed by atoms with E-state index in [1.165, 1.54) is 49.7 Å². The number of rotatable bonds is 5. The summed E-state index contributed by atoms with van der Waals surface area (Å²) < 4.78 is 5.99. The Bertz CT molecular complexity index is 494. The van der Waals surface area contributed by atoms with Gasteiger partial charge in [-0.1, -0.05) is 18.3 Å². The van der Waals surface area contributed by atoms with E-state index in [0.717, 1.165) is 18.8 Å². The molecule has 0 bridgehead atoms. The Morgan fingerprint density at radius 1 is 1.21 bits per heavy atom. The monoisotopic (exact) mass is 275 g/mol. The molecule has 19 heavy (non-hydrogen) atoms. The predicted octanol–water partition coefficient (Wildman–Crippen LogP) is 3.40. The summed E-state index contributed by atoms with van der Waals surface area (Å²) in [5, 5.41) is 0. The van der Waals surface area contributed by atoms with Crippen molar-refractivity contribution in [2.75, 3.05) is 6.61 Å². The third kappa shape index (κ3) is 3.08. The van der Waals surface area contributed by atoms with Gasteiger partial charge in [0.15, 0.2) is 0 Å². The molecule has 2 N–H and O–H groups in total. The molecular weight excluding hydrogens is 254 g/mol.